The van der Waals surface area contributed by atoms with Crippen molar-refractivity contribution in [2.45, 2.75) is 38.5 Å². The van der Waals surface area contributed by atoms with Crippen LogP contribution in [-0.2, 0) is 4.79 Å². The predicted octanol–water partition coefficient (Wildman–Crippen LogP) is 0.978. The third-order valence-electron chi connectivity index (χ3n) is 4.19. The summed E-state index contributed by atoms with van der Waals surface area (Å²) >= 11 is 0. The van der Waals surface area contributed by atoms with Crippen LogP contribution in [-0.4, -0.2) is 50.1 Å². The molecule has 2 rings (SSSR count). The highest BCUT2D eigenvalue weighted by molar-refractivity contribution is 5.75. The first-order valence-corrected chi connectivity index (χ1v) is 7.54. The Balaban J connectivity index is 1.49. The molecule has 2 aliphatic rings. The van der Waals surface area contributed by atoms with Gasteiger partial charge in [0.2, 0.25) is 5.91 Å². The van der Waals surface area contributed by atoms with Crippen LogP contribution < -0.4 is 10.6 Å². The molecular formula is C14H27N3O. The van der Waals surface area contributed by atoms with E-state index in [1.54, 1.807) is 0 Å². The van der Waals surface area contributed by atoms with Crippen molar-refractivity contribution in [2.24, 2.45) is 5.92 Å². The summed E-state index contributed by atoms with van der Waals surface area (Å²) in [7, 11) is 0. The Bertz CT molecular complexity index is 245. The zero-order valence-electron chi connectivity index (χ0n) is 11.4. The Kier molecular flexibility index (Phi) is 5.94. The molecule has 0 aromatic rings. The number of piperidine rings is 1. The summed E-state index contributed by atoms with van der Waals surface area (Å²) in [5.41, 5.74) is 0. The minimum atomic E-state index is 0.243. The van der Waals surface area contributed by atoms with Gasteiger partial charge in [-0.25, -0.2) is 0 Å². The van der Waals surface area contributed by atoms with Gasteiger partial charge in [-0.15, -0.1) is 0 Å². The number of nitrogens with one attached hydrogen (secondary N) is 2. The second kappa shape index (κ2) is 7.74. The van der Waals surface area contributed by atoms with E-state index in [-0.39, 0.29) is 5.91 Å². The Morgan fingerprint density at radius 1 is 1.22 bits per heavy atom. The van der Waals surface area contributed by atoms with E-state index in [4.69, 9.17) is 0 Å². The number of carbonyl (C=O) groups excluding carboxylic acids is 1. The lowest BCUT2D eigenvalue weighted by atomic mass is 9.93. The van der Waals surface area contributed by atoms with E-state index >= 15 is 0 Å². The Labute approximate surface area is 110 Å². The van der Waals surface area contributed by atoms with Crippen LogP contribution in [0.5, 0.6) is 0 Å². The first kappa shape index (κ1) is 13.8. The van der Waals surface area contributed by atoms with Crippen LogP contribution in [0.3, 0.4) is 0 Å². The summed E-state index contributed by atoms with van der Waals surface area (Å²) < 4.78 is 0. The second-order valence-electron chi connectivity index (χ2n) is 5.63. The van der Waals surface area contributed by atoms with E-state index in [2.05, 4.69) is 15.5 Å². The van der Waals surface area contributed by atoms with Gasteiger partial charge >= 0.3 is 0 Å². The molecule has 4 nitrogen and oxygen atoms in total. The van der Waals surface area contributed by atoms with Crippen molar-refractivity contribution in [3.05, 3.63) is 0 Å². The van der Waals surface area contributed by atoms with Gasteiger partial charge in [0.05, 0.1) is 0 Å². The fourth-order valence-corrected chi connectivity index (χ4v) is 2.95. The van der Waals surface area contributed by atoms with Crippen molar-refractivity contribution in [3.63, 3.8) is 0 Å². The van der Waals surface area contributed by atoms with E-state index < -0.39 is 0 Å². The second-order valence-corrected chi connectivity index (χ2v) is 5.63. The Hall–Kier alpha value is -0.610. The molecule has 2 heterocycles. The molecule has 0 aromatic carbocycles. The van der Waals surface area contributed by atoms with E-state index in [9.17, 15) is 4.79 Å². The zero-order valence-corrected chi connectivity index (χ0v) is 11.4. The maximum Gasteiger partial charge on any atom is 0.220 e. The van der Waals surface area contributed by atoms with Gasteiger partial charge in [0.15, 0.2) is 0 Å². The van der Waals surface area contributed by atoms with E-state index in [0.29, 0.717) is 6.42 Å². The van der Waals surface area contributed by atoms with E-state index in [0.717, 1.165) is 38.5 Å². The van der Waals surface area contributed by atoms with Gasteiger partial charge in [-0.05, 0) is 64.2 Å². The van der Waals surface area contributed by atoms with E-state index in [1.807, 2.05) is 0 Å². The highest BCUT2D eigenvalue weighted by Gasteiger charge is 2.15. The van der Waals surface area contributed by atoms with Gasteiger partial charge in [-0.3, -0.25) is 4.79 Å². The van der Waals surface area contributed by atoms with Crippen molar-refractivity contribution < 1.29 is 4.79 Å². The molecule has 0 spiro atoms. The van der Waals surface area contributed by atoms with E-state index in [1.165, 1.54) is 38.8 Å². The molecule has 0 unspecified atom stereocenters. The molecule has 0 bridgehead atoms. The standard InChI is InChI=1S/C14H27N3O/c18-14(4-3-13-5-7-15-8-6-13)16-9-12-17-10-1-2-11-17/h13,15H,1-12H2,(H,16,18). The molecule has 0 radical (unpaired) electrons. The van der Waals surface area contributed by atoms with Crippen molar-refractivity contribution in [3.8, 4) is 0 Å². The molecule has 0 saturated carbocycles. The summed E-state index contributed by atoms with van der Waals surface area (Å²) in [4.78, 5) is 14.2. The third-order valence-corrected chi connectivity index (χ3v) is 4.19. The molecule has 104 valence electrons. The maximum absolute atomic E-state index is 11.7. The first-order valence-electron chi connectivity index (χ1n) is 7.54. The van der Waals surface area contributed by atoms with Crippen LogP contribution in [0, 0.1) is 5.92 Å². The van der Waals surface area contributed by atoms with Gasteiger partial charge in [0.25, 0.3) is 0 Å². The van der Waals surface area contributed by atoms with Gasteiger partial charge in [0.1, 0.15) is 0 Å². The maximum atomic E-state index is 11.7. The van der Waals surface area contributed by atoms with Crippen molar-refractivity contribution in [1.29, 1.82) is 0 Å². The SMILES string of the molecule is O=C(CCC1CCNCC1)NCCN1CCCC1. The molecule has 2 aliphatic heterocycles. The van der Waals surface area contributed by atoms with Crippen LogP contribution in [0.15, 0.2) is 0 Å². The molecular weight excluding hydrogens is 226 g/mol. The van der Waals surface area contributed by atoms with Crippen molar-refractivity contribution in [1.82, 2.24) is 15.5 Å². The molecule has 2 saturated heterocycles. The van der Waals surface area contributed by atoms with Crippen LogP contribution in [0.4, 0.5) is 0 Å². The highest BCUT2D eigenvalue weighted by Crippen LogP contribution is 2.17. The van der Waals surface area contributed by atoms with Gasteiger partial charge in [-0.1, -0.05) is 0 Å². The van der Waals surface area contributed by atoms with Crippen molar-refractivity contribution >= 4 is 5.91 Å². The van der Waals surface area contributed by atoms with Crippen molar-refractivity contribution in [2.75, 3.05) is 39.3 Å². The minimum Gasteiger partial charge on any atom is -0.355 e. The summed E-state index contributed by atoms with van der Waals surface area (Å²) in [5, 5.41) is 6.41. The fourth-order valence-electron chi connectivity index (χ4n) is 2.95. The molecule has 0 aromatic heterocycles. The summed E-state index contributed by atoms with van der Waals surface area (Å²) in [6.07, 6.45) is 6.90. The molecule has 1 amide bonds. The van der Waals surface area contributed by atoms with Gasteiger partial charge in [-0.2, -0.15) is 0 Å². The van der Waals surface area contributed by atoms with Crippen LogP contribution in [0.1, 0.15) is 38.5 Å². The predicted molar refractivity (Wildman–Crippen MR) is 73.5 cm³/mol. The highest BCUT2D eigenvalue weighted by atomic mass is 16.1. The normalized spacial score (nSPS) is 22.2. The van der Waals surface area contributed by atoms with Gasteiger partial charge in [0, 0.05) is 19.5 Å². The lowest BCUT2D eigenvalue weighted by molar-refractivity contribution is -0.121. The molecule has 2 fully saturated rings. The first-order chi connectivity index (χ1) is 8.84. The number of rotatable bonds is 6. The Morgan fingerprint density at radius 2 is 1.94 bits per heavy atom. The lowest BCUT2D eigenvalue weighted by Crippen LogP contribution is -2.34. The summed E-state index contributed by atoms with van der Waals surface area (Å²) in [6.45, 7) is 6.53. The summed E-state index contributed by atoms with van der Waals surface area (Å²) in [5.74, 6) is 1.00. The van der Waals surface area contributed by atoms with Crippen LogP contribution in [0.25, 0.3) is 0 Å². The molecule has 2 N–H and O–H groups in total. The number of likely N-dealkylation sites (tertiary alicyclic amines) is 1. The topological polar surface area (TPSA) is 44.4 Å². The molecule has 18 heavy (non-hydrogen) atoms. The van der Waals surface area contributed by atoms with Gasteiger partial charge < -0.3 is 15.5 Å². The quantitative estimate of drug-likeness (QED) is 0.741. The van der Waals surface area contributed by atoms with Crippen LogP contribution >= 0.6 is 0 Å². The average molecular weight is 253 g/mol. The smallest absolute Gasteiger partial charge is 0.220 e. The summed E-state index contributed by atoms with van der Waals surface area (Å²) in [6, 6.07) is 0. The minimum absolute atomic E-state index is 0.243. The fraction of sp³-hybridized carbons (Fsp3) is 0.929. The molecule has 4 heteroatoms. The number of carbonyl (C=O) groups is 1. The number of amides is 1. The zero-order chi connectivity index (χ0) is 12.6. The third kappa shape index (κ3) is 4.94. The number of hydrogen-bond acceptors (Lipinski definition) is 3. The van der Waals surface area contributed by atoms with Crippen LogP contribution in [0.2, 0.25) is 0 Å². The lowest BCUT2D eigenvalue weighted by Gasteiger charge is -2.22. The molecule has 0 atom stereocenters. The number of hydrogen-bond donors (Lipinski definition) is 2. The largest absolute Gasteiger partial charge is 0.355 e. The monoisotopic (exact) mass is 253 g/mol. The Morgan fingerprint density at radius 3 is 2.67 bits per heavy atom. The molecule has 0 aliphatic carbocycles. The number of nitrogens with zero attached hydrogens (tertiary/aromatic N) is 1. The average Bonchev–Trinajstić information content (AvgIpc) is 2.91.